The van der Waals surface area contributed by atoms with Gasteiger partial charge in [-0.15, -0.1) is 12.4 Å². The average Bonchev–Trinajstić information content (AvgIpc) is 3.14. The molecule has 1 spiro atoms. The van der Waals surface area contributed by atoms with Gasteiger partial charge < -0.3 is 9.88 Å². The van der Waals surface area contributed by atoms with Gasteiger partial charge in [0.1, 0.15) is 5.82 Å². The largest absolute Gasteiger partial charge is 0.330 e. The summed E-state index contributed by atoms with van der Waals surface area (Å²) >= 11 is 6.07. The minimum absolute atomic E-state index is 0. The third-order valence-corrected chi connectivity index (χ3v) is 5.39. The number of halogens is 2. The van der Waals surface area contributed by atoms with E-state index in [-0.39, 0.29) is 12.4 Å². The molecular formula is C16H22Cl2N4. The molecule has 1 aromatic carbocycles. The Balaban J connectivity index is 0.00000144. The summed E-state index contributed by atoms with van der Waals surface area (Å²) in [5.41, 5.74) is 2.68. The van der Waals surface area contributed by atoms with Crippen LogP contribution in [-0.2, 0) is 13.6 Å². The Labute approximate surface area is 142 Å². The molecule has 2 aliphatic rings. The number of imidazole rings is 1. The number of nitrogens with one attached hydrogen (secondary N) is 1. The molecule has 0 aliphatic carbocycles. The quantitative estimate of drug-likeness (QED) is 0.912. The summed E-state index contributed by atoms with van der Waals surface area (Å²) in [6.07, 6.45) is 2.64. The monoisotopic (exact) mass is 340 g/mol. The van der Waals surface area contributed by atoms with Gasteiger partial charge in [0.05, 0.1) is 17.6 Å². The Bertz CT molecular complexity index is 676. The Morgan fingerprint density at radius 2 is 2.23 bits per heavy atom. The maximum absolute atomic E-state index is 6.07. The Morgan fingerprint density at radius 1 is 1.36 bits per heavy atom. The van der Waals surface area contributed by atoms with Gasteiger partial charge in [0.25, 0.3) is 0 Å². The van der Waals surface area contributed by atoms with Gasteiger partial charge in [0, 0.05) is 25.2 Å². The molecule has 0 radical (unpaired) electrons. The van der Waals surface area contributed by atoms with Crippen LogP contribution in [0.4, 0.5) is 0 Å². The lowest BCUT2D eigenvalue weighted by Crippen LogP contribution is -2.29. The van der Waals surface area contributed by atoms with Gasteiger partial charge in [-0.1, -0.05) is 11.6 Å². The highest BCUT2D eigenvalue weighted by Crippen LogP contribution is 2.36. The second kappa shape index (κ2) is 6.00. The summed E-state index contributed by atoms with van der Waals surface area (Å²) in [6, 6.07) is 5.94. The molecule has 0 bridgehead atoms. The number of aryl methyl sites for hydroxylation is 1. The number of aromatic nitrogens is 2. The van der Waals surface area contributed by atoms with Crippen LogP contribution in [0.1, 0.15) is 18.7 Å². The number of nitrogens with zero attached hydrogens (tertiary/aromatic N) is 3. The van der Waals surface area contributed by atoms with E-state index >= 15 is 0 Å². The van der Waals surface area contributed by atoms with Crippen LogP contribution in [0, 0.1) is 5.41 Å². The van der Waals surface area contributed by atoms with Crippen molar-refractivity contribution in [1.29, 1.82) is 0 Å². The molecule has 2 aromatic rings. The van der Waals surface area contributed by atoms with Gasteiger partial charge in [-0.2, -0.15) is 0 Å². The van der Waals surface area contributed by atoms with Crippen molar-refractivity contribution in [1.82, 2.24) is 19.8 Å². The molecule has 0 amide bonds. The molecule has 22 heavy (non-hydrogen) atoms. The Kier molecular flexibility index (Phi) is 4.38. The van der Waals surface area contributed by atoms with Crippen molar-refractivity contribution in [2.24, 2.45) is 12.5 Å². The number of hydrogen-bond acceptors (Lipinski definition) is 3. The highest BCUT2D eigenvalue weighted by atomic mass is 35.5. The van der Waals surface area contributed by atoms with E-state index < -0.39 is 0 Å². The van der Waals surface area contributed by atoms with Gasteiger partial charge >= 0.3 is 0 Å². The third kappa shape index (κ3) is 2.73. The van der Waals surface area contributed by atoms with E-state index in [1.807, 2.05) is 12.1 Å². The molecule has 0 saturated carbocycles. The summed E-state index contributed by atoms with van der Waals surface area (Å²) in [5, 5.41) is 4.27. The average molecular weight is 341 g/mol. The summed E-state index contributed by atoms with van der Waals surface area (Å²) in [6.45, 7) is 5.68. The maximum Gasteiger partial charge on any atom is 0.123 e. The van der Waals surface area contributed by atoms with Crippen molar-refractivity contribution < 1.29 is 0 Å². The van der Waals surface area contributed by atoms with E-state index in [0.717, 1.165) is 28.4 Å². The standard InChI is InChI=1S/C16H21ClN4.ClH/c1-20-14-3-2-12(17)8-13(14)19-15(20)9-21-7-5-16(11-21)4-6-18-10-16;/h2-3,8,18H,4-7,9-11H2,1H3;1H. The first kappa shape index (κ1) is 16.1. The fourth-order valence-corrected chi connectivity index (χ4v) is 4.04. The van der Waals surface area contributed by atoms with E-state index in [2.05, 4.69) is 27.9 Å². The number of fused-ring (bicyclic) bond motifs is 1. The van der Waals surface area contributed by atoms with Crippen LogP contribution in [0.5, 0.6) is 0 Å². The highest BCUT2D eigenvalue weighted by molar-refractivity contribution is 6.31. The summed E-state index contributed by atoms with van der Waals surface area (Å²) in [4.78, 5) is 7.32. The van der Waals surface area contributed by atoms with E-state index in [1.54, 1.807) is 0 Å². The molecule has 1 N–H and O–H groups in total. The van der Waals surface area contributed by atoms with E-state index in [0.29, 0.717) is 5.41 Å². The molecule has 1 aromatic heterocycles. The van der Waals surface area contributed by atoms with Gasteiger partial charge in [-0.25, -0.2) is 4.98 Å². The second-order valence-corrected chi connectivity index (χ2v) is 7.04. The highest BCUT2D eigenvalue weighted by Gasteiger charge is 2.40. The molecule has 6 heteroatoms. The molecule has 2 saturated heterocycles. The zero-order chi connectivity index (χ0) is 14.4. The first-order valence-corrected chi connectivity index (χ1v) is 8.07. The topological polar surface area (TPSA) is 33.1 Å². The summed E-state index contributed by atoms with van der Waals surface area (Å²) in [5.74, 6) is 1.13. The smallest absolute Gasteiger partial charge is 0.123 e. The molecule has 1 atom stereocenters. The third-order valence-electron chi connectivity index (χ3n) is 5.15. The molecule has 120 valence electrons. The van der Waals surface area contributed by atoms with Gasteiger partial charge in [0.2, 0.25) is 0 Å². The lowest BCUT2D eigenvalue weighted by atomic mass is 9.87. The molecule has 4 rings (SSSR count). The fourth-order valence-electron chi connectivity index (χ4n) is 3.87. The fraction of sp³-hybridized carbons (Fsp3) is 0.562. The van der Waals surface area contributed by atoms with Crippen LogP contribution in [0.25, 0.3) is 11.0 Å². The molecule has 3 heterocycles. The van der Waals surface area contributed by atoms with E-state index in [1.165, 1.54) is 39.0 Å². The minimum Gasteiger partial charge on any atom is -0.330 e. The normalized spacial score (nSPS) is 25.2. The summed E-state index contributed by atoms with van der Waals surface area (Å²) < 4.78 is 2.20. The molecule has 2 aliphatic heterocycles. The first-order chi connectivity index (χ1) is 10.2. The van der Waals surface area contributed by atoms with Gasteiger partial charge in [0.15, 0.2) is 0 Å². The van der Waals surface area contributed by atoms with Crippen LogP contribution >= 0.6 is 24.0 Å². The van der Waals surface area contributed by atoms with Crippen molar-refractivity contribution in [2.75, 3.05) is 26.2 Å². The first-order valence-electron chi connectivity index (χ1n) is 7.69. The van der Waals surface area contributed by atoms with E-state index in [9.17, 15) is 0 Å². The van der Waals surface area contributed by atoms with Crippen molar-refractivity contribution in [3.63, 3.8) is 0 Å². The number of likely N-dealkylation sites (tertiary alicyclic amines) is 1. The predicted octanol–water partition coefficient (Wildman–Crippen LogP) is 2.83. The lowest BCUT2D eigenvalue weighted by molar-refractivity contribution is 0.262. The van der Waals surface area contributed by atoms with Crippen molar-refractivity contribution >= 4 is 35.0 Å². The predicted molar refractivity (Wildman–Crippen MR) is 92.8 cm³/mol. The zero-order valence-corrected chi connectivity index (χ0v) is 14.4. The maximum atomic E-state index is 6.07. The van der Waals surface area contributed by atoms with Gasteiger partial charge in [-0.05, 0) is 49.5 Å². The van der Waals surface area contributed by atoms with Crippen LogP contribution in [-0.4, -0.2) is 40.6 Å². The van der Waals surface area contributed by atoms with Crippen molar-refractivity contribution in [3.8, 4) is 0 Å². The zero-order valence-electron chi connectivity index (χ0n) is 12.8. The minimum atomic E-state index is 0. The number of rotatable bonds is 2. The van der Waals surface area contributed by atoms with E-state index in [4.69, 9.17) is 16.6 Å². The SMILES string of the molecule is Cl.Cn1c(CN2CCC3(CCNC3)C2)nc2cc(Cl)ccc21. The van der Waals surface area contributed by atoms with Crippen LogP contribution in [0.2, 0.25) is 5.02 Å². The van der Waals surface area contributed by atoms with Crippen molar-refractivity contribution in [2.45, 2.75) is 19.4 Å². The van der Waals surface area contributed by atoms with Crippen LogP contribution < -0.4 is 5.32 Å². The van der Waals surface area contributed by atoms with Crippen LogP contribution in [0.15, 0.2) is 18.2 Å². The van der Waals surface area contributed by atoms with Gasteiger partial charge in [-0.3, -0.25) is 4.90 Å². The molecule has 2 fully saturated rings. The molecular weight excluding hydrogens is 319 g/mol. The molecule has 4 nitrogen and oxygen atoms in total. The second-order valence-electron chi connectivity index (χ2n) is 6.61. The molecule has 1 unspecified atom stereocenters. The summed E-state index contributed by atoms with van der Waals surface area (Å²) in [7, 11) is 2.10. The van der Waals surface area contributed by atoms with Crippen molar-refractivity contribution in [3.05, 3.63) is 29.0 Å². The Hall–Kier alpha value is -0.810. The lowest BCUT2D eigenvalue weighted by Gasteiger charge is -2.22. The Morgan fingerprint density at radius 3 is 3.00 bits per heavy atom. The van der Waals surface area contributed by atoms with Crippen LogP contribution in [0.3, 0.4) is 0 Å². The number of hydrogen-bond donors (Lipinski definition) is 1. The number of benzene rings is 1.